The van der Waals surface area contributed by atoms with Gasteiger partial charge in [-0.1, -0.05) is 0 Å². The van der Waals surface area contributed by atoms with E-state index in [2.05, 4.69) is 10.6 Å². The third-order valence-corrected chi connectivity index (χ3v) is 19.0. The predicted octanol–water partition coefficient (Wildman–Crippen LogP) is 0.968. The first-order valence-electron chi connectivity index (χ1n) is 19.1. The zero-order chi connectivity index (χ0) is 39.7. The molecule has 0 aromatic rings. The van der Waals surface area contributed by atoms with E-state index in [0.717, 1.165) is 0 Å². The summed E-state index contributed by atoms with van der Waals surface area (Å²) in [4.78, 5) is 29.9. The molecule has 8 bridgehead atoms. The summed E-state index contributed by atoms with van der Waals surface area (Å²) in [7, 11) is -17.6. The number of hydrogen-bond donors (Lipinski definition) is 6. The molecule has 24 heteroatoms. The molecule has 4 saturated carbocycles. The SMILES string of the molecule is O=S(=O)(O)C1CCC2C3=NC4=N/C(=N\C5NC(/N=C6\N=C(N=C(N3)C2C1)C1CCC(S(=O)(=O)O)CC61)C1CCC(S(=O)(=O)O)CC51)C1CCC(S(=O)(=O)O)CC41. The van der Waals surface area contributed by atoms with Gasteiger partial charge in [-0.2, -0.15) is 33.7 Å². The van der Waals surface area contributed by atoms with Gasteiger partial charge in [-0.15, -0.1) is 0 Å². The number of nitrogens with one attached hydrogen (secondary N) is 2. The van der Waals surface area contributed by atoms with E-state index in [1.54, 1.807) is 0 Å². The molecule has 0 spiro atoms. The Morgan fingerprint density at radius 3 is 1.36 bits per heavy atom. The van der Waals surface area contributed by atoms with Crippen LogP contribution in [0.3, 0.4) is 0 Å². The van der Waals surface area contributed by atoms with Crippen LogP contribution in [-0.4, -0.2) is 120 Å². The van der Waals surface area contributed by atoms with Crippen LogP contribution in [0.1, 0.15) is 77.0 Å². The van der Waals surface area contributed by atoms with Crippen molar-refractivity contribution in [2.24, 2.45) is 77.3 Å². The lowest BCUT2D eigenvalue weighted by molar-refractivity contribution is 0.243. The molecule has 14 atom stereocenters. The van der Waals surface area contributed by atoms with E-state index >= 15 is 0 Å². The van der Waals surface area contributed by atoms with Crippen LogP contribution in [-0.2, 0) is 40.5 Å². The molecule has 5 aliphatic heterocycles. The largest absolute Gasteiger partial charge is 0.331 e. The average molecular weight is 861 g/mol. The van der Waals surface area contributed by atoms with Gasteiger partial charge in [-0.25, -0.2) is 20.0 Å². The van der Waals surface area contributed by atoms with Gasteiger partial charge in [0.2, 0.25) is 0 Å². The number of aliphatic imine (C=N–C) groups is 6. The fourth-order valence-electron chi connectivity index (χ4n) is 11.0. The van der Waals surface area contributed by atoms with Gasteiger partial charge in [0.05, 0.1) is 21.0 Å². The summed E-state index contributed by atoms with van der Waals surface area (Å²) in [5.74, 6) is -1.45. The van der Waals surface area contributed by atoms with Crippen LogP contribution >= 0.6 is 0 Å². The fraction of sp³-hybridized carbons (Fsp3) is 0.812. The van der Waals surface area contributed by atoms with Gasteiger partial charge >= 0.3 is 0 Å². The predicted molar refractivity (Wildman–Crippen MR) is 203 cm³/mol. The molecule has 9 rings (SSSR count). The Kier molecular flexibility index (Phi) is 9.36. The molecule has 9 aliphatic rings. The Hall–Kier alpha value is -2.58. The molecular formula is C32H44N8O12S4. The van der Waals surface area contributed by atoms with Gasteiger partial charge in [0, 0.05) is 47.3 Å². The summed E-state index contributed by atoms with van der Waals surface area (Å²) in [6, 6.07) is 0. The molecule has 14 unspecified atom stereocenters. The second kappa shape index (κ2) is 13.5. The van der Waals surface area contributed by atoms with Crippen molar-refractivity contribution in [2.45, 2.75) is 110 Å². The summed E-state index contributed by atoms with van der Waals surface area (Å²) < 4.78 is 139. The number of rotatable bonds is 4. The third kappa shape index (κ3) is 6.92. The molecule has 0 radical (unpaired) electrons. The summed E-state index contributed by atoms with van der Waals surface area (Å²) in [5, 5.41) is 2.53. The Labute approximate surface area is 324 Å². The smallest absolute Gasteiger partial charge is 0.267 e. The molecule has 0 aromatic carbocycles. The maximum atomic E-state index is 12.4. The number of fused-ring (bicyclic) bond motifs is 18. The molecular weight excluding hydrogens is 817 g/mol. The highest BCUT2D eigenvalue weighted by Crippen LogP contribution is 2.47. The monoisotopic (exact) mass is 860 g/mol. The van der Waals surface area contributed by atoms with Crippen LogP contribution in [0, 0.1) is 47.3 Å². The highest BCUT2D eigenvalue weighted by atomic mass is 32.2. The van der Waals surface area contributed by atoms with Crippen molar-refractivity contribution in [1.82, 2.24) is 10.6 Å². The number of hydrogen-bond acceptors (Lipinski definition) is 16. The molecule has 0 amide bonds. The Bertz CT molecular complexity index is 2360. The van der Waals surface area contributed by atoms with E-state index < -0.39 is 109 Å². The van der Waals surface area contributed by atoms with Crippen LogP contribution in [0.5, 0.6) is 0 Å². The third-order valence-electron chi connectivity index (χ3n) is 13.9. The second-order valence-corrected chi connectivity index (χ2v) is 23.6. The summed E-state index contributed by atoms with van der Waals surface area (Å²) in [6.07, 6.45) is 0.644. The first-order valence-corrected chi connectivity index (χ1v) is 25.1. The van der Waals surface area contributed by atoms with Crippen molar-refractivity contribution < 1.29 is 51.9 Å². The van der Waals surface area contributed by atoms with Crippen molar-refractivity contribution in [3.05, 3.63) is 0 Å². The highest BCUT2D eigenvalue weighted by molar-refractivity contribution is 7.87. The Balaban J connectivity index is 1.19. The summed E-state index contributed by atoms with van der Waals surface area (Å²) in [5.41, 5.74) is 0. The van der Waals surface area contributed by atoms with Crippen LogP contribution in [0.15, 0.2) is 30.0 Å². The fourth-order valence-corrected chi connectivity index (χ4v) is 14.6. The molecule has 5 heterocycles. The van der Waals surface area contributed by atoms with Crippen molar-refractivity contribution in [3.63, 3.8) is 0 Å². The molecule has 20 nitrogen and oxygen atoms in total. The molecule has 0 aromatic heterocycles. The minimum atomic E-state index is -4.40. The molecule has 6 fully saturated rings. The minimum Gasteiger partial charge on any atom is -0.331 e. The van der Waals surface area contributed by atoms with Crippen LogP contribution < -0.4 is 10.6 Å². The summed E-state index contributed by atoms with van der Waals surface area (Å²) in [6.45, 7) is 0. The molecule has 2 saturated heterocycles. The van der Waals surface area contributed by atoms with Crippen molar-refractivity contribution in [1.29, 1.82) is 0 Å². The van der Waals surface area contributed by atoms with Gasteiger partial charge in [0.25, 0.3) is 40.5 Å². The lowest BCUT2D eigenvalue weighted by Crippen LogP contribution is -2.38. The lowest BCUT2D eigenvalue weighted by Gasteiger charge is -2.33. The van der Waals surface area contributed by atoms with E-state index in [-0.39, 0.29) is 69.0 Å². The zero-order valence-electron chi connectivity index (χ0n) is 29.9. The van der Waals surface area contributed by atoms with Crippen molar-refractivity contribution in [3.8, 4) is 0 Å². The maximum absolute atomic E-state index is 12.4. The maximum Gasteiger partial charge on any atom is 0.267 e. The van der Waals surface area contributed by atoms with Gasteiger partial charge in [-0.05, 0) is 77.0 Å². The van der Waals surface area contributed by atoms with Crippen molar-refractivity contribution >= 4 is 75.5 Å². The van der Waals surface area contributed by atoms with Gasteiger partial charge in [0.15, 0.2) is 0 Å². The standard InChI is InChI=1S/C32H44N8O12S4/c41-53(42,43)13-1-5-17-21(9-13)29-33-25(17)37-30-22-10-14(54(44,45)46)2-6-18(22)27(34-30)39-32-24-12-16(56(50,51)52)4-8-20(24)28(36-32)40-31-23-11-15(55(47,48)49)3-7-19(23)26(35-31)38-29/h13-25,29,33H,1-12H2,(H,41,42,43)(H,44,45,46)(H,47,48,49)(H,50,51,52)(H,34,35,36,37,38,39,40). The Morgan fingerprint density at radius 1 is 0.411 bits per heavy atom. The molecule has 6 N–H and O–H groups in total. The number of amidine groups is 6. The highest BCUT2D eigenvalue weighted by Gasteiger charge is 2.53. The summed E-state index contributed by atoms with van der Waals surface area (Å²) >= 11 is 0. The average Bonchev–Trinajstić information content (AvgIpc) is 3.84. The van der Waals surface area contributed by atoms with E-state index in [1.165, 1.54) is 0 Å². The van der Waals surface area contributed by atoms with Crippen molar-refractivity contribution in [2.75, 3.05) is 0 Å². The minimum absolute atomic E-state index is 0.0215. The van der Waals surface area contributed by atoms with Crippen LogP contribution in [0.2, 0.25) is 0 Å². The lowest BCUT2D eigenvalue weighted by atomic mass is 9.77. The first kappa shape index (κ1) is 38.9. The second-order valence-electron chi connectivity index (χ2n) is 16.9. The van der Waals surface area contributed by atoms with E-state index in [0.29, 0.717) is 54.9 Å². The number of nitrogens with zero attached hydrogens (tertiary/aromatic N) is 6. The Morgan fingerprint density at radius 2 is 0.804 bits per heavy atom. The van der Waals surface area contributed by atoms with Gasteiger partial charge in [-0.3, -0.25) is 33.5 Å². The van der Waals surface area contributed by atoms with E-state index in [9.17, 15) is 51.9 Å². The quantitative estimate of drug-likeness (QED) is 0.215. The van der Waals surface area contributed by atoms with E-state index in [1.807, 2.05) is 0 Å². The molecule has 308 valence electrons. The van der Waals surface area contributed by atoms with Crippen LogP contribution in [0.4, 0.5) is 0 Å². The molecule has 56 heavy (non-hydrogen) atoms. The van der Waals surface area contributed by atoms with Gasteiger partial charge in [0.1, 0.15) is 47.3 Å². The van der Waals surface area contributed by atoms with Crippen LogP contribution in [0.25, 0.3) is 0 Å². The normalized spacial score (nSPS) is 44.2. The van der Waals surface area contributed by atoms with Gasteiger partial charge < -0.3 is 5.32 Å². The molecule has 4 aliphatic carbocycles. The van der Waals surface area contributed by atoms with E-state index in [4.69, 9.17) is 30.0 Å². The first-order chi connectivity index (χ1) is 26.2. The zero-order valence-corrected chi connectivity index (χ0v) is 33.2. The topological polar surface area (TPSA) is 316 Å².